The molecule has 0 spiro atoms. The molecule has 0 bridgehead atoms. The fourth-order valence-corrected chi connectivity index (χ4v) is 1.84. The van der Waals surface area contributed by atoms with Crippen LogP contribution in [0.25, 0.3) is 5.69 Å². The highest BCUT2D eigenvalue weighted by Gasteiger charge is 2.04. The van der Waals surface area contributed by atoms with Gasteiger partial charge in [0, 0.05) is 6.42 Å². The van der Waals surface area contributed by atoms with Crippen molar-refractivity contribution in [3.63, 3.8) is 0 Å². The summed E-state index contributed by atoms with van der Waals surface area (Å²) in [6.45, 7) is 2.12. The molecule has 1 aromatic carbocycles. The monoisotopic (exact) mass is 259 g/mol. The third kappa shape index (κ3) is 3.64. The van der Waals surface area contributed by atoms with Gasteiger partial charge in [-0.2, -0.15) is 0 Å². The minimum Gasteiger partial charge on any atom is -0.481 e. The van der Waals surface area contributed by atoms with Crippen molar-refractivity contribution < 1.29 is 9.90 Å². The number of carbonyl (C=O) groups is 1. The second-order valence-corrected chi connectivity index (χ2v) is 4.42. The van der Waals surface area contributed by atoms with Crippen LogP contribution in [0.5, 0.6) is 0 Å². The van der Waals surface area contributed by atoms with Gasteiger partial charge in [-0.25, -0.2) is 4.68 Å². The summed E-state index contributed by atoms with van der Waals surface area (Å²) in [5, 5.41) is 16.7. The van der Waals surface area contributed by atoms with E-state index in [0.717, 1.165) is 17.8 Å². The van der Waals surface area contributed by atoms with Crippen LogP contribution in [-0.4, -0.2) is 26.1 Å². The van der Waals surface area contributed by atoms with Crippen molar-refractivity contribution in [2.75, 3.05) is 0 Å². The highest BCUT2D eigenvalue weighted by atomic mass is 16.4. The first-order chi connectivity index (χ1) is 9.19. The molecule has 2 rings (SSSR count). The van der Waals surface area contributed by atoms with Crippen molar-refractivity contribution in [2.45, 2.75) is 32.6 Å². The number of nitrogens with zero attached hydrogens (tertiary/aromatic N) is 3. The smallest absolute Gasteiger partial charge is 0.303 e. The van der Waals surface area contributed by atoms with Crippen LogP contribution in [0, 0.1) is 0 Å². The molecule has 0 aliphatic rings. The van der Waals surface area contributed by atoms with Crippen molar-refractivity contribution in [3.8, 4) is 5.69 Å². The highest BCUT2D eigenvalue weighted by Crippen LogP contribution is 2.10. The van der Waals surface area contributed by atoms with Crippen molar-refractivity contribution in [2.24, 2.45) is 0 Å². The number of hydrogen-bond acceptors (Lipinski definition) is 3. The summed E-state index contributed by atoms with van der Waals surface area (Å²) in [5.74, 6) is -0.775. The number of aromatic nitrogens is 3. The van der Waals surface area contributed by atoms with Crippen molar-refractivity contribution in [3.05, 3.63) is 41.7 Å². The number of carboxylic acid groups (broad SMARTS) is 1. The molecular formula is C14H17N3O2. The molecule has 1 N–H and O–H groups in total. The standard InChI is InChI=1S/C14H17N3O2/c1-2-11-6-8-13(9-7-11)17-10-12(15-16-17)4-3-5-14(18)19/h6-10H,2-5H2,1H3,(H,18,19). The van der Waals surface area contributed by atoms with E-state index in [1.165, 1.54) is 5.56 Å². The Kier molecular flexibility index (Phi) is 4.28. The quantitative estimate of drug-likeness (QED) is 0.863. The largest absolute Gasteiger partial charge is 0.481 e. The molecule has 5 nitrogen and oxygen atoms in total. The summed E-state index contributed by atoms with van der Waals surface area (Å²) in [6, 6.07) is 8.16. The molecule has 5 heteroatoms. The van der Waals surface area contributed by atoms with E-state index in [1.54, 1.807) is 4.68 Å². The van der Waals surface area contributed by atoms with Crippen LogP contribution in [0.3, 0.4) is 0 Å². The van der Waals surface area contributed by atoms with Gasteiger partial charge in [0.15, 0.2) is 0 Å². The van der Waals surface area contributed by atoms with E-state index in [1.807, 2.05) is 18.3 Å². The molecule has 0 amide bonds. The Bertz CT molecular complexity index is 546. The van der Waals surface area contributed by atoms with Crippen LogP contribution in [-0.2, 0) is 17.6 Å². The molecule has 1 heterocycles. The third-order valence-corrected chi connectivity index (χ3v) is 2.97. The minimum absolute atomic E-state index is 0.165. The van der Waals surface area contributed by atoms with Crippen LogP contribution >= 0.6 is 0 Å². The minimum atomic E-state index is -0.775. The predicted molar refractivity (Wildman–Crippen MR) is 71.3 cm³/mol. The van der Waals surface area contributed by atoms with Crippen molar-refractivity contribution >= 4 is 5.97 Å². The van der Waals surface area contributed by atoms with E-state index in [9.17, 15) is 4.79 Å². The number of aliphatic carboxylic acids is 1. The molecule has 0 fully saturated rings. The Morgan fingerprint density at radius 3 is 2.68 bits per heavy atom. The van der Waals surface area contributed by atoms with Crippen LogP contribution in [0.15, 0.2) is 30.5 Å². The zero-order chi connectivity index (χ0) is 13.7. The van der Waals surface area contributed by atoms with E-state index in [2.05, 4.69) is 29.4 Å². The van der Waals surface area contributed by atoms with Crippen molar-refractivity contribution in [1.29, 1.82) is 0 Å². The van der Waals surface area contributed by atoms with Gasteiger partial charge in [0.1, 0.15) is 0 Å². The van der Waals surface area contributed by atoms with Gasteiger partial charge in [0.05, 0.1) is 17.6 Å². The average molecular weight is 259 g/mol. The zero-order valence-corrected chi connectivity index (χ0v) is 10.9. The molecule has 2 aromatic rings. The second kappa shape index (κ2) is 6.13. The summed E-state index contributed by atoms with van der Waals surface area (Å²) in [4.78, 5) is 10.4. The highest BCUT2D eigenvalue weighted by molar-refractivity contribution is 5.66. The van der Waals surface area contributed by atoms with Gasteiger partial charge in [-0.05, 0) is 37.0 Å². The second-order valence-electron chi connectivity index (χ2n) is 4.42. The van der Waals surface area contributed by atoms with E-state index in [-0.39, 0.29) is 6.42 Å². The van der Waals surface area contributed by atoms with E-state index >= 15 is 0 Å². The third-order valence-electron chi connectivity index (χ3n) is 2.97. The van der Waals surface area contributed by atoms with Crippen LogP contribution in [0.2, 0.25) is 0 Å². The number of carboxylic acids is 1. The number of benzene rings is 1. The summed E-state index contributed by atoms with van der Waals surface area (Å²) in [7, 11) is 0. The maximum Gasteiger partial charge on any atom is 0.303 e. The Labute approximate surface area is 111 Å². The summed E-state index contributed by atoms with van der Waals surface area (Å²) in [5.41, 5.74) is 3.07. The molecule has 0 radical (unpaired) electrons. The molecule has 0 saturated heterocycles. The molecule has 0 aliphatic carbocycles. The summed E-state index contributed by atoms with van der Waals surface area (Å²) < 4.78 is 1.72. The zero-order valence-electron chi connectivity index (χ0n) is 10.9. The number of hydrogen-bond donors (Lipinski definition) is 1. The van der Waals surface area contributed by atoms with E-state index in [0.29, 0.717) is 12.8 Å². The normalized spacial score (nSPS) is 10.6. The van der Waals surface area contributed by atoms with Gasteiger partial charge in [0.2, 0.25) is 0 Å². The van der Waals surface area contributed by atoms with Gasteiger partial charge in [-0.1, -0.05) is 24.3 Å². The fraction of sp³-hybridized carbons (Fsp3) is 0.357. The predicted octanol–water partition coefficient (Wildman–Crippen LogP) is 2.24. The summed E-state index contributed by atoms with van der Waals surface area (Å²) in [6.07, 6.45) is 4.25. The van der Waals surface area contributed by atoms with Gasteiger partial charge < -0.3 is 5.11 Å². The molecule has 1 aromatic heterocycles. The SMILES string of the molecule is CCc1ccc(-n2cc(CCCC(=O)O)nn2)cc1. The maximum absolute atomic E-state index is 10.4. The lowest BCUT2D eigenvalue weighted by molar-refractivity contribution is -0.137. The Balaban J connectivity index is 2.01. The first kappa shape index (κ1) is 13.3. The van der Waals surface area contributed by atoms with Gasteiger partial charge >= 0.3 is 5.97 Å². The van der Waals surface area contributed by atoms with Gasteiger partial charge in [0.25, 0.3) is 0 Å². The van der Waals surface area contributed by atoms with E-state index < -0.39 is 5.97 Å². The lowest BCUT2D eigenvalue weighted by Gasteiger charge is -2.01. The molecular weight excluding hydrogens is 242 g/mol. The first-order valence-corrected chi connectivity index (χ1v) is 6.41. The van der Waals surface area contributed by atoms with Crippen LogP contribution in [0.4, 0.5) is 0 Å². The lowest BCUT2D eigenvalue weighted by Crippen LogP contribution is -1.96. The average Bonchev–Trinajstić information content (AvgIpc) is 2.87. The van der Waals surface area contributed by atoms with E-state index in [4.69, 9.17) is 5.11 Å². The Morgan fingerprint density at radius 2 is 2.05 bits per heavy atom. The lowest BCUT2D eigenvalue weighted by atomic mass is 10.1. The molecule has 19 heavy (non-hydrogen) atoms. The Hall–Kier alpha value is -2.17. The van der Waals surface area contributed by atoms with Gasteiger partial charge in [-0.3, -0.25) is 4.79 Å². The maximum atomic E-state index is 10.4. The first-order valence-electron chi connectivity index (χ1n) is 6.41. The summed E-state index contributed by atoms with van der Waals surface area (Å²) >= 11 is 0. The number of rotatable bonds is 6. The topological polar surface area (TPSA) is 68.0 Å². The molecule has 0 atom stereocenters. The number of aryl methyl sites for hydroxylation is 2. The fourth-order valence-electron chi connectivity index (χ4n) is 1.84. The Morgan fingerprint density at radius 1 is 1.32 bits per heavy atom. The molecule has 100 valence electrons. The van der Waals surface area contributed by atoms with Crippen molar-refractivity contribution in [1.82, 2.24) is 15.0 Å². The molecule has 0 aliphatic heterocycles. The van der Waals surface area contributed by atoms with Gasteiger partial charge in [-0.15, -0.1) is 5.10 Å². The molecule has 0 saturated carbocycles. The molecule has 0 unspecified atom stereocenters. The van der Waals surface area contributed by atoms with Crippen LogP contribution < -0.4 is 0 Å². The van der Waals surface area contributed by atoms with Crippen LogP contribution in [0.1, 0.15) is 31.0 Å².